The Bertz CT molecular complexity index is 1370. The van der Waals surface area contributed by atoms with Gasteiger partial charge in [0.2, 0.25) is 0 Å². The molecule has 2 aliphatic heterocycles. The fourth-order valence-electron chi connectivity index (χ4n) is 5.77. The van der Waals surface area contributed by atoms with Gasteiger partial charge in [0.05, 0.1) is 48.2 Å². The number of carbonyl (C=O) groups is 1. The van der Waals surface area contributed by atoms with Crippen LogP contribution in [0.25, 0.3) is 22.2 Å². The molecule has 2 saturated heterocycles. The lowest BCUT2D eigenvalue weighted by atomic mass is 9.99. The Morgan fingerprint density at radius 2 is 1.86 bits per heavy atom. The van der Waals surface area contributed by atoms with E-state index in [0.717, 1.165) is 47.5 Å². The Balaban J connectivity index is 1.25. The summed E-state index contributed by atoms with van der Waals surface area (Å²) in [4.78, 5) is 20.3. The molecule has 37 heavy (non-hydrogen) atoms. The molecule has 4 heterocycles. The van der Waals surface area contributed by atoms with E-state index >= 15 is 0 Å². The van der Waals surface area contributed by atoms with Gasteiger partial charge in [-0.05, 0) is 67.6 Å². The highest BCUT2D eigenvalue weighted by molar-refractivity contribution is 6.01. The van der Waals surface area contributed by atoms with Gasteiger partial charge in [-0.3, -0.25) is 14.9 Å². The molecule has 6 rings (SSSR count). The number of ether oxygens (including phenoxy) is 1. The molecule has 3 unspecified atom stereocenters. The zero-order valence-corrected chi connectivity index (χ0v) is 21.4. The molecule has 4 aromatic rings. The maximum absolute atomic E-state index is 13.3. The lowest BCUT2D eigenvalue weighted by Gasteiger charge is -2.36. The number of aromatic amines is 1. The summed E-state index contributed by atoms with van der Waals surface area (Å²) in [5.74, 6) is 0.314. The number of anilines is 1. The predicted molar refractivity (Wildman–Crippen MR) is 146 cm³/mol. The summed E-state index contributed by atoms with van der Waals surface area (Å²) >= 11 is 0. The van der Waals surface area contributed by atoms with Crippen LogP contribution in [0.2, 0.25) is 0 Å². The van der Waals surface area contributed by atoms with Crippen LogP contribution < -0.4 is 10.2 Å². The molecule has 2 N–H and O–H groups in total. The second kappa shape index (κ2) is 9.98. The molecule has 2 aliphatic rings. The van der Waals surface area contributed by atoms with E-state index in [9.17, 15) is 4.79 Å². The maximum atomic E-state index is 13.3. The van der Waals surface area contributed by atoms with Crippen LogP contribution in [0.15, 0.2) is 66.9 Å². The first-order valence-corrected chi connectivity index (χ1v) is 13.2. The number of hydrogen-bond acceptors (Lipinski definition) is 5. The molecule has 2 fully saturated rings. The predicted octanol–water partition coefficient (Wildman–Crippen LogP) is 5.51. The molecule has 2 aromatic carbocycles. The zero-order valence-electron chi connectivity index (χ0n) is 21.4. The number of rotatable bonds is 7. The summed E-state index contributed by atoms with van der Waals surface area (Å²) in [6.45, 7) is 5.93. The average Bonchev–Trinajstić information content (AvgIpc) is 3.45. The van der Waals surface area contributed by atoms with Crippen molar-refractivity contribution < 1.29 is 9.53 Å². The van der Waals surface area contributed by atoms with Crippen LogP contribution in [0, 0.1) is 5.92 Å². The monoisotopic (exact) mass is 495 g/mol. The fraction of sp³-hybridized carbons (Fsp3) is 0.367. The van der Waals surface area contributed by atoms with Crippen molar-refractivity contribution in [2.45, 2.75) is 51.2 Å². The summed E-state index contributed by atoms with van der Waals surface area (Å²) in [6, 6.07) is 21.0. The van der Waals surface area contributed by atoms with Gasteiger partial charge in [-0.1, -0.05) is 32.0 Å². The van der Waals surface area contributed by atoms with Crippen LogP contribution in [0.1, 0.15) is 55.2 Å². The Morgan fingerprint density at radius 1 is 1.08 bits per heavy atom. The van der Waals surface area contributed by atoms with Crippen molar-refractivity contribution in [3.63, 3.8) is 0 Å². The lowest BCUT2D eigenvalue weighted by molar-refractivity contribution is 0.0906. The molecule has 0 spiro atoms. The van der Waals surface area contributed by atoms with E-state index in [1.165, 1.54) is 18.5 Å². The lowest BCUT2D eigenvalue weighted by Crippen LogP contribution is -2.45. The van der Waals surface area contributed by atoms with Crippen LogP contribution in [-0.2, 0) is 4.74 Å². The van der Waals surface area contributed by atoms with Crippen LogP contribution in [0.5, 0.6) is 0 Å². The van der Waals surface area contributed by atoms with E-state index in [1.54, 1.807) is 6.20 Å². The standard InChI is InChI=1S/C30H33N5O2/c1-19(2)15-28(27-5-3-4-14-31-27)32-30(36)21-8-13-26-25(16-21)29(34-33-26)20-6-9-22(10-7-20)35-23-11-12-24(35)18-37-17-23/h3-10,13-14,16,19,23-24,28H,11-12,15,17-18H2,1-2H3,(H,32,36)(H,33,34). The van der Waals surface area contributed by atoms with Gasteiger partial charge >= 0.3 is 0 Å². The van der Waals surface area contributed by atoms with Gasteiger partial charge in [0.1, 0.15) is 0 Å². The number of hydrogen-bond donors (Lipinski definition) is 2. The van der Waals surface area contributed by atoms with Gasteiger partial charge in [0, 0.05) is 28.4 Å². The molecule has 7 nitrogen and oxygen atoms in total. The van der Waals surface area contributed by atoms with Gasteiger partial charge in [0.25, 0.3) is 5.91 Å². The summed E-state index contributed by atoms with van der Waals surface area (Å²) in [5, 5.41) is 11.9. The van der Waals surface area contributed by atoms with Crippen molar-refractivity contribution >= 4 is 22.5 Å². The van der Waals surface area contributed by atoms with E-state index in [2.05, 4.69) is 63.5 Å². The molecule has 1 amide bonds. The highest BCUT2D eigenvalue weighted by Gasteiger charge is 2.37. The van der Waals surface area contributed by atoms with Crippen molar-refractivity contribution in [3.05, 3.63) is 78.1 Å². The highest BCUT2D eigenvalue weighted by Crippen LogP contribution is 2.35. The van der Waals surface area contributed by atoms with E-state index in [1.807, 2.05) is 36.4 Å². The first-order chi connectivity index (χ1) is 18.1. The first kappa shape index (κ1) is 23.7. The smallest absolute Gasteiger partial charge is 0.251 e. The van der Waals surface area contributed by atoms with Crippen LogP contribution in [-0.4, -0.2) is 46.4 Å². The van der Waals surface area contributed by atoms with Crippen molar-refractivity contribution in [2.75, 3.05) is 18.1 Å². The Kier molecular flexibility index (Phi) is 6.38. The second-order valence-electron chi connectivity index (χ2n) is 10.6. The molecular formula is C30H33N5O2. The van der Waals surface area contributed by atoms with E-state index in [4.69, 9.17) is 4.74 Å². The SMILES string of the molecule is CC(C)CC(NC(=O)c1ccc2[nH]nc(-c3ccc(N4C5CCC4COC5)cc3)c2c1)c1ccccn1. The summed E-state index contributed by atoms with van der Waals surface area (Å²) < 4.78 is 5.75. The van der Waals surface area contributed by atoms with E-state index in [-0.39, 0.29) is 11.9 Å². The third-order valence-corrected chi connectivity index (χ3v) is 7.56. The third kappa shape index (κ3) is 4.71. The van der Waals surface area contributed by atoms with Gasteiger partial charge in [0.15, 0.2) is 0 Å². The summed E-state index contributed by atoms with van der Waals surface area (Å²) in [6.07, 6.45) is 4.98. The Labute approximate surface area is 217 Å². The number of H-pyrrole nitrogens is 1. The first-order valence-electron chi connectivity index (χ1n) is 13.2. The van der Waals surface area contributed by atoms with Crippen molar-refractivity contribution in [2.24, 2.45) is 5.92 Å². The van der Waals surface area contributed by atoms with Crippen molar-refractivity contribution in [1.29, 1.82) is 0 Å². The number of carbonyl (C=O) groups excluding carboxylic acids is 1. The molecule has 3 atom stereocenters. The molecule has 7 heteroatoms. The quantitative estimate of drug-likeness (QED) is 0.353. The third-order valence-electron chi connectivity index (χ3n) is 7.56. The summed E-state index contributed by atoms with van der Waals surface area (Å²) in [5.41, 5.74) is 5.52. The van der Waals surface area contributed by atoms with Gasteiger partial charge < -0.3 is 15.0 Å². The minimum absolute atomic E-state index is 0.108. The topological polar surface area (TPSA) is 83.1 Å². The fourth-order valence-corrected chi connectivity index (χ4v) is 5.77. The van der Waals surface area contributed by atoms with Gasteiger partial charge in [-0.25, -0.2) is 0 Å². The van der Waals surface area contributed by atoms with Gasteiger partial charge in [-0.2, -0.15) is 5.10 Å². The number of amides is 1. The Morgan fingerprint density at radius 3 is 2.57 bits per heavy atom. The highest BCUT2D eigenvalue weighted by atomic mass is 16.5. The van der Waals surface area contributed by atoms with Gasteiger partial charge in [-0.15, -0.1) is 0 Å². The molecule has 2 aromatic heterocycles. The number of fused-ring (bicyclic) bond motifs is 3. The Hall–Kier alpha value is -3.71. The number of pyridine rings is 1. The average molecular weight is 496 g/mol. The summed E-state index contributed by atoms with van der Waals surface area (Å²) in [7, 11) is 0. The number of benzene rings is 2. The minimum atomic E-state index is -0.142. The number of nitrogens with zero attached hydrogens (tertiary/aromatic N) is 3. The van der Waals surface area contributed by atoms with Crippen LogP contribution in [0.3, 0.4) is 0 Å². The molecular weight excluding hydrogens is 462 g/mol. The van der Waals surface area contributed by atoms with E-state index in [0.29, 0.717) is 23.6 Å². The maximum Gasteiger partial charge on any atom is 0.251 e. The van der Waals surface area contributed by atoms with E-state index < -0.39 is 0 Å². The van der Waals surface area contributed by atoms with Crippen LogP contribution >= 0.6 is 0 Å². The number of nitrogens with one attached hydrogen (secondary N) is 2. The molecule has 2 bridgehead atoms. The molecule has 0 radical (unpaired) electrons. The van der Waals surface area contributed by atoms with Crippen LogP contribution in [0.4, 0.5) is 5.69 Å². The molecule has 0 saturated carbocycles. The zero-order chi connectivity index (χ0) is 25.4. The molecule has 190 valence electrons. The normalized spacial score (nSPS) is 19.9. The molecule has 0 aliphatic carbocycles. The van der Waals surface area contributed by atoms with Crippen molar-refractivity contribution in [3.8, 4) is 11.3 Å². The number of aromatic nitrogens is 3. The second-order valence-corrected chi connectivity index (χ2v) is 10.6. The van der Waals surface area contributed by atoms with Crippen molar-refractivity contribution in [1.82, 2.24) is 20.5 Å². The largest absolute Gasteiger partial charge is 0.377 e. The number of morpholine rings is 1. The minimum Gasteiger partial charge on any atom is -0.377 e.